The summed E-state index contributed by atoms with van der Waals surface area (Å²) in [5.74, 6) is 0. The van der Waals surface area contributed by atoms with Crippen LogP contribution in [-0.4, -0.2) is 4.98 Å². The number of hydrogen-bond acceptors (Lipinski definition) is 3. The minimum atomic E-state index is 0.415. The van der Waals surface area contributed by atoms with Gasteiger partial charge in [0.2, 0.25) is 0 Å². The van der Waals surface area contributed by atoms with Gasteiger partial charge in [-0.05, 0) is 30.3 Å². The Balaban J connectivity index is 1.99. The van der Waals surface area contributed by atoms with Crippen molar-refractivity contribution in [3.63, 3.8) is 0 Å². The maximum atomic E-state index is 6.13. The molecule has 3 rings (SSSR count). The third-order valence-corrected chi connectivity index (χ3v) is 4.81. The maximum Gasteiger partial charge on any atom is 0.188 e. The van der Waals surface area contributed by atoms with E-state index in [1.807, 2.05) is 12.1 Å². The van der Waals surface area contributed by atoms with Gasteiger partial charge in [0.25, 0.3) is 0 Å². The maximum absolute atomic E-state index is 6.13. The highest BCUT2D eigenvalue weighted by Gasteiger charge is 2.09. The van der Waals surface area contributed by atoms with Gasteiger partial charge in [0.1, 0.15) is 0 Å². The van der Waals surface area contributed by atoms with Gasteiger partial charge in [-0.3, -0.25) is 0 Å². The molecule has 3 aromatic rings. The van der Waals surface area contributed by atoms with Crippen LogP contribution in [0.3, 0.4) is 0 Å². The molecule has 0 amide bonds. The summed E-state index contributed by atoms with van der Waals surface area (Å²) in [4.78, 5) is 4.46. The molecule has 20 heavy (non-hydrogen) atoms. The molecule has 0 saturated heterocycles. The Morgan fingerprint density at radius 3 is 2.45 bits per heavy atom. The fourth-order valence-electron chi connectivity index (χ4n) is 1.69. The van der Waals surface area contributed by atoms with Gasteiger partial charge in [0, 0.05) is 5.02 Å². The Morgan fingerprint density at radius 1 is 0.900 bits per heavy atom. The number of thiazole rings is 1. The first-order valence-corrected chi connectivity index (χ1v) is 7.83. The first kappa shape index (κ1) is 14.2. The van der Waals surface area contributed by atoms with Crippen LogP contribution in [0.5, 0.6) is 0 Å². The molecular formula is C13H6Cl4N2S. The van der Waals surface area contributed by atoms with E-state index in [4.69, 9.17) is 46.4 Å². The van der Waals surface area contributed by atoms with Crippen molar-refractivity contribution < 1.29 is 0 Å². The zero-order valence-electron chi connectivity index (χ0n) is 9.75. The third kappa shape index (κ3) is 2.83. The van der Waals surface area contributed by atoms with Gasteiger partial charge in [-0.1, -0.05) is 57.7 Å². The van der Waals surface area contributed by atoms with Crippen molar-refractivity contribution in [3.05, 3.63) is 50.4 Å². The number of nitrogens with zero attached hydrogens (tertiary/aromatic N) is 1. The fraction of sp³-hybridized carbons (Fsp3) is 0. The average molecular weight is 364 g/mol. The summed E-state index contributed by atoms with van der Waals surface area (Å²) in [7, 11) is 0. The van der Waals surface area contributed by atoms with E-state index in [1.165, 1.54) is 11.3 Å². The highest BCUT2D eigenvalue weighted by atomic mass is 35.5. The van der Waals surface area contributed by atoms with Crippen molar-refractivity contribution in [2.24, 2.45) is 0 Å². The number of rotatable bonds is 2. The zero-order chi connectivity index (χ0) is 14.3. The van der Waals surface area contributed by atoms with Crippen LogP contribution in [0.25, 0.3) is 10.2 Å². The molecule has 102 valence electrons. The molecule has 2 nitrogen and oxygen atoms in total. The van der Waals surface area contributed by atoms with Gasteiger partial charge in [0.05, 0.1) is 31.0 Å². The van der Waals surface area contributed by atoms with Gasteiger partial charge in [-0.15, -0.1) is 0 Å². The van der Waals surface area contributed by atoms with Gasteiger partial charge < -0.3 is 5.32 Å². The molecular weight excluding hydrogens is 358 g/mol. The predicted molar refractivity (Wildman–Crippen MR) is 89.4 cm³/mol. The zero-order valence-corrected chi connectivity index (χ0v) is 13.6. The Hall–Kier alpha value is -0.710. The highest BCUT2D eigenvalue weighted by molar-refractivity contribution is 7.22. The average Bonchev–Trinajstić information content (AvgIpc) is 2.77. The Bertz CT molecular complexity index is 800. The molecule has 0 aliphatic rings. The van der Waals surface area contributed by atoms with Crippen LogP contribution in [0, 0.1) is 0 Å². The number of nitrogens with one attached hydrogen (secondary N) is 1. The summed E-state index contributed by atoms with van der Waals surface area (Å²) in [6.45, 7) is 0. The molecule has 0 aliphatic carbocycles. The SMILES string of the molecule is Clc1ccc2nc(Nc3cc(Cl)c(Cl)cc3Cl)sc2c1. The monoisotopic (exact) mass is 362 g/mol. The van der Waals surface area contributed by atoms with Crippen LogP contribution < -0.4 is 5.32 Å². The topological polar surface area (TPSA) is 24.9 Å². The van der Waals surface area contributed by atoms with E-state index in [0.29, 0.717) is 30.9 Å². The third-order valence-electron chi connectivity index (χ3n) is 2.60. The van der Waals surface area contributed by atoms with E-state index in [9.17, 15) is 0 Å². The number of benzene rings is 2. The predicted octanol–water partition coefficient (Wildman–Crippen LogP) is 6.65. The van der Waals surface area contributed by atoms with Crippen LogP contribution in [-0.2, 0) is 0 Å². The summed E-state index contributed by atoms with van der Waals surface area (Å²) >= 11 is 25.5. The summed E-state index contributed by atoms with van der Waals surface area (Å²) in [5, 5.41) is 5.86. The molecule has 0 bridgehead atoms. The van der Waals surface area contributed by atoms with E-state index < -0.39 is 0 Å². The normalized spacial score (nSPS) is 11.0. The van der Waals surface area contributed by atoms with Crippen molar-refractivity contribution in [1.82, 2.24) is 4.98 Å². The molecule has 0 spiro atoms. The Labute approximate surface area is 139 Å². The first-order chi connectivity index (χ1) is 9.52. The van der Waals surface area contributed by atoms with Gasteiger partial charge in [-0.2, -0.15) is 0 Å². The molecule has 0 fully saturated rings. The standard InChI is InChI=1S/C13H6Cl4N2S/c14-6-1-2-10-12(3-6)20-13(18-10)19-11-5-8(16)7(15)4-9(11)17/h1-5H,(H,18,19). The Kier molecular flexibility index (Phi) is 3.98. The number of anilines is 2. The van der Waals surface area contributed by atoms with Crippen molar-refractivity contribution in [2.45, 2.75) is 0 Å². The molecule has 1 N–H and O–H groups in total. The van der Waals surface area contributed by atoms with Crippen LogP contribution in [0.1, 0.15) is 0 Å². The molecule has 1 heterocycles. The number of hydrogen-bond donors (Lipinski definition) is 1. The molecule has 0 unspecified atom stereocenters. The van der Waals surface area contributed by atoms with E-state index in [2.05, 4.69) is 10.3 Å². The van der Waals surface area contributed by atoms with Crippen LogP contribution in [0.15, 0.2) is 30.3 Å². The quantitative estimate of drug-likeness (QED) is 0.515. The van der Waals surface area contributed by atoms with Crippen molar-refractivity contribution in [1.29, 1.82) is 0 Å². The van der Waals surface area contributed by atoms with Gasteiger partial charge in [0.15, 0.2) is 5.13 Å². The summed E-state index contributed by atoms with van der Waals surface area (Å²) in [6, 6.07) is 8.81. The second-order valence-electron chi connectivity index (χ2n) is 4.00. The number of halogens is 4. The first-order valence-electron chi connectivity index (χ1n) is 5.50. The molecule has 0 aliphatic heterocycles. The van der Waals surface area contributed by atoms with Crippen LogP contribution in [0.4, 0.5) is 10.8 Å². The molecule has 2 aromatic carbocycles. The second kappa shape index (κ2) is 5.58. The summed E-state index contributed by atoms with van der Waals surface area (Å²) in [6.07, 6.45) is 0. The van der Waals surface area contributed by atoms with Crippen molar-refractivity contribution >= 4 is 78.8 Å². The number of aromatic nitrogens is 1. The van der Waals surface area contributed by atoms with Crippen molar-refractivity contribution in [2.75, 3.05) is 5.32 Å². The molecule has 0 saturated carbocycles. The molecule has 7 heteroatoms. The largest absolute Gasteiger partial charge is 0.330 e. The van der Waals surface area contributed by atoms with Crippen LogP contribution >= 0.6 is 57.7 Å². The summed E-state index contributed by atoms with van der Waals surface area (Å²) in [5.41, 5.74) is 1.53. The minimum Gasteiger partial charge on any atom is -0.330 e. The second-order valence-corrected chi connectivity index (χ2v) is 6.69. The van der Waals surface area contributed by atoms with E-state index in [-0.39, 0.29) is 0 Å². The van der Waals surface area contributed by atoms with Crippen molar-refractivity contribution in [3.8, 4) is 0 Å². The smallest absolute Gasteiger partial charge is 0.188 e. The van der Waals surface area contributed by atoms with Gasteiger partial charge in [-0.25, -0.2) is 4.98 Å². The molecule has 0 radical (unpaired) electrons. The number of fused-ring (bicyclic) bond motifs is 1. The minimum absolute atomic E-state index is 0.415. The lowest BCUT2D eigenvalue weighted by Gasteiger charge is -2.06. The fourth-order valence-corrected chi connectivity index (χ4v) is 3.43. The summed E-state index contributed by atoms with van der Waals surface area (Å²) < 4.78 is 0.996. The van der Waals surface area contributed by atoms with Gasteiger partial charge >= 0.3 is 0 Å². The van der Waals surface area contributed by atoms with E-state index in [0.717, 1.165) is 10.2 Å². The molecule has 0 atom stereocenters. The Morgan fingerprint density at radius 2 is 1.65 bits per heavy atom. The lowest BCUT2D eigenvalue weighted by molar-refractivity contribution is 1.44. The van der Waals surface area contributed by atoms with Crippen LogP contribution in [0.2, 0.25) is 20.1 Å². The lowest BCUT2D eigenvalue weighted by Crippen LogP contribution is -1.90. The lowest BCUT2D eigenvalue weighted by atomic mass is 10.3. The van der Waals surface area contributed by atoms with E-state index in [1.54, 1.807) is 18.2 Å². The highest BCUT2D eigenvalue weighted by Crippen LogP contribution is 2.36. The molecule has 1 aromatic heterocycles. The van der Waals surface area contributed by atoms with E-state index >= 15 is 0 Å².